The highest BCUT2D eigenvalue weighted by molar-refractivity contribution is 7.19. The molecule has 0 spiro atoms. The molecule has 6 heterocycles. The molecule has 4 aliphatic rings. The number of hydrogen-bond donors (Lipinski definition) is 1. The lowest BCUT2D eigenvalue weighted by molar-refractivity contribution is -0.137. The molecule has 9 nitrogen and oxygen atoms in total. The van der Waals surface area contributed by atoms with Gasteiger partial charge in [-0.15, -0.1) is 11.3 Å². The van der Waals surface area contributed by atoms with Crippen molar-refractivity contribution in [1.29, 1.82) is 0 Å². The van der Waals surface area contributed by atoms with Crippen molar-refractivity contribution in [2.24, 2.45) is 0 Å². The number of piperazine rings is 1. The molecule has 1 N–H and O–H groups in total. The van der Waals surface area contributed by atoms with Gasteiger partial charge in [0.25, 0.3) is 0 Å². The standard InChI is InChI=1S/C36H49N5O4S/c1-23-18-24(2)20-25(19-23)32-31(29(44-5)22-38-10-12-39(13-11-38)35(43)40-14-16-45-17-15-40)28-21-30(46-33(28)37-32)36(3,4)34(42)41-26-6-7-27(41)9-8-26/h18-21,26-27,29,37H,6-17,22H2,1-5H3. The third-order valence-corrected chi connectivity index (χ3v) is 12.2. The Morgan fingerprint density at radius 3 is 2.15 bits per heavy atom. The van der Waals surface area contributed by atoms with E-state index in [1.165, 1.54) is 11.1 Å². The number of thiophene rings is 1. The van der Waals surface area contributed by atoms with Crippen molar-refractivity contribution >= 4 is 33.5 Å². The number of aryl methyl sites for hydroxylation is 2. The van der Waals surface area contributed by atoms with Gasteiger partial charge in [-0.1, -0.05) is 17.2 Å². The fraction of sp³-hybridized carbons (Fsp3) is 0.611. The van der Waals surface area contributed by atoms with Crippen LogP contribution in [-0.4, -0.2) is 115 Å². The Labute approximate surface area is 276 Å². The van der Waals surface area contributed by atoms with Crippen LogP contribution in [0.1, 0.15) is 67.2 Å². The number of benzene rings is 1. The topological polar surface area (TPSA) is 81.3 Å². The molecule has 1 unspecified atom stereocenters. The summed E-state index contributed by atoms with van der Waals surface area (Å²) in [5.41, 5.74) is 5.25. The number of carbonyl (C=O) groups excluding carboxylic acids is 2. The number of ether oxygens (including phenoxy) is 2. The van der Waals surface area contributed by atoms with E-state index in [0.29, 0.717) is 51.5 Å². The summed E-state index contributed by atoms with van der Waals surface area (Å²) in [4.78, 5) is 41.7. The molecule has 4 saturated heterocycles. The number of urea groups is 1. The zero-order chi connectivity index (χ0) is 32.2. The van der Waals surface area contributed by atoms with E-state index in [2.05, 4.69) is 66.7 Å². The van der Waals surface area contributed by atoms with E-state index in [0.717, 1.165) is 77.2 Å². The summed E-state index contributed by atoms with van der Waals surface area (Å²) in [6.07, 6.45) is 4.40. The quantitative estimate of drug-likeness (QED) is 0.356. The molecule has 3 aromatic rings. The number of aromatic amines is 1. The molecular weight excluding hydrogens is 598 g/mol. The van der Waals surface area contributed by atoms with Crippen molar-refractivity contribution in [2.45, 2.75) is 77.0 Å². The summed E-state index contributed by atoms with van der Waals surface area (Å²) in [5, 5.41) is 1.15. The molecule has 3 amide bonds. The number of rotatable bonds is 7. The Morgan fingerprint density at radius 1 is 0.935 bits per heavy atom. The minimum absolute atomic E-state index is 0.126. The fourth-order valence-corrected chi connectivity index (χ4v) is 9.43. The van der Waals surface area contributed by atoms with Gasteiger partial charge >= 0.3 is 6.03 Å². The Morgan fingerprint density at radius 2 is 1.54 bits per heavy atom. The highest BCUT2D eigenvalue weighted by Gasteiger charge is 2.47. The maximum Gasteiger partial charge on any atom is 0.320 e. The second-order valence-corrected chi connectivity index (χ2v) is 15.4. The highest BCUT2D eigenvalue weighted by atomic mass is 32.1. The molecule has 0 radical (unpaired) electrons. The molecule has 1 aromatic carbocycles. The van der Waals surface area contributed by atoms with Gasteiger partial charge in [0.2, 0.25) is 5.91 Å². The van der Waals surface area contributed by atoms with Crippen LogP contribution in [0.4, 0.5) is 4.79 Å². The molecular formula is C36H49N5O4S. The molecule has 2 aromatic heterocycles. The molecule has 0 saturated carbocycles. The molecule has 46 heavy (non-hydrogen) atoms. The van der Waals surface area contributed by atoms with Gasteiger partial charge in [-0.3, -0.25) is 9.69 Å². The van der Waals surface area contributed by atoms with E-state index in [4.69, 9.17) is 9.47 Å². The monoisotopic (exact) mass is 647 g/mol. The second-order valence-electron chi connectivity index (χ2n) is 14.3. The minimum Gasteiger partial charge on any atom is -0.378 e. The zero-order valence-corrected chi connectivity index (χ0v) is 28.9. The number of H-pyrrole nitrogens is 1. The smallest absolute Gasteiger partial charge is 0.320 e. The van der Waals surface area contributed by atoms with Gasteiger partial charge in [-0.2, -0.15) is 0 Å². The summed E-state index contributed by atoms with van der Waals surface area (Å²) in [5.74, 6) is 0.269. The van der Waals surface area contributed by atoms with Crippen LogP contribution < -0.4 is 0 Å². The average Bonchev–Trinajstić information content (AvgIpc) is 3.84. The predicted molar refractivity (Wildman–Crippen MR) is 183 cm³/mol. The maximum absolute atomic E-state index is 14.1. The Balaban J connectivity index is 1.17. The van der Waals surface area contributed by atoms with Crippen molar-refractivity contribution in [3.8, 4) is 11.3 Å². The van der Waals surface area contributed by atoms with E-state index in [1.54, 1.807) is 18.4 Å². The van der Waals surface area contributed by atoms with Crippen molar-refractivity contribution in [2.75, 3.05) is 66.1 Å². The summed E-state index contributed by atoms with van der Waals surface area (Å²) < 4.78 is 11.8. The van der Waals surface area contributed by atoms with Gasteiger partial charge in [0, 0.05) is 80.8 Å². The average molecular weight is 648 g/mol. The third kappa shape index (κ3) is 5.76. The van der Waals surface area contributed by atoms with E-state index in [1.807, 2.05) is 9.80 Å². The van der Waals surface area contributed by atoms with Gasteiger partial charge in [0.15, 0.2) is 0 Å². The molecule has 0 aliphatic carbocycles. The first kappa shape index (κ1) is 31.7. The fourth-order valence-electron chi connectivity index (χ4n) is 8.26. The number of hydrogen-bond acceptors (Lipinski definition) is 6. The Bertz CT molecular complexity index is 1560. The van der Waals surface area contributed by atoms with Crippen LogP contribution in [0.25, 0.3) is 21.5 Å². The first-order chi connectivity index (χ1) is 22.1. The van der Waals surface area contributed by atoms with Crippen molar-refractivity contribution in [1.82, 2.24) is 24.6 Å². The van der Waals surface area contributed by atoms with Gasteiger partial charge in [-0.05, 0) is 77.1 Å². The van der Waals surface area contributed by atoms with E-state index in [9.17, 15) is 9.59 Å². The normalized spacial score (nSPS) is 23.1. The lowest BCUT2D eigenvalue weighted by atomic mass is 9.88. The summed E-state index contributed by atoms with van der Waals surface area (Å²) >= 11 is 1.71. The number of carbonyl (C=O) groups is 2. The zero-order valence-electron chi connectivity index (χ0n) is 28.1. The number of nitrogens with one attached hydrogen (secondary N) is 1. The molecule has 2 bridgehead atoms. The van der Waals surface area contributed by atoms with Crippen LogP contribution in [0.3, 0.4) is 0 Å². The van der Waals surface area contributed by atoms with Crippen LogP contribution in [0, 0.1) is 13.8 Å². The lowest BCUT2D eigenvalue weighted by Crippen LogP contribution is -2.55. The summed E-state index contributed by atoms with van der Waals surface area (Å²) in [6.45, 7) is 14.8. The van der Waals surface area contributed by atoms with Gasteiger partial charge in [0.05, 0.1) is 30.4 Å². The van der Waals surface area contributed by atoms with Gasteiger partial charge in [-0.25, -0.2) is 4.79 Å². The largest absolute Gasteiger partial charge is 0.378 e. The first-order valence-electron chi connectivity index (χ1n) is 17.1. The number of methoxy groups -OCH3 is 1. The first-order valence-corrected chi connectivity index (χ1v) is 17.9. The molecule has 7 rings (SSSR count). The highest BCUT2D eigenvalue weighted by Crippen LogP contribution is 2.46. The SMILES string of the molecule is COC(CN1CCN(C(=O)N2CCOCC2)CC1)c1c(-c2cc(C)cc(C)c2)[nH]c2sc(C(C)(C)C(=O)N3C4CCC3CC4)cc12. The van der Waals surface area contributed by atoms with Crippen LogP contribution in [0.15, 0.2) is 24.3 Å². The molecule has 4 fully saturated rings. The van der Waals surface area contributed by atoms with E-state index < -0.39 is 5.41 Å². The van der Waals surface area contributed by atoms with Gasteiger partial charge in [0.1, 0.15) is 4.83 Å². The lowest BCUT2D eigenvalue weighted by Gasteiger charge is -2.39. The summed E-state index contributed by atoms with van der Waals surface area (Å²) in [7, 11) is 1.80. The third-order valence-electron chi connectivity index (χ3n) is 10.8. The van der Waals surface area contributed by atoms with E-state index in [-0.39, 0.29) is 18.0 Å². The number of morpholine rings is 1. The number of aromatic nitrogens is 1. The minimum atomic E-state index is -0.598. The van der Waals surface area contributed by atoms with Crippen LogP contribution in [0.2, 0.25) is 0 Å². The second kappa shape index (κ2) is 12.6. The molecule has 248 valence electrons. The van der Waals surface area contributed by atoms with E-state index >= 15 is 0 Å². The maximum atomic E-state index is 14.1. The van der Waals surface area contributed by atoms with Crippen molar-refractivity contribution < 1.29 is 19.1 Å². The van der Waals surface area contributed by atoms with Crippen molar-refractivity contribution in [3.05, 3.63) is 45.8 Å². The Hall–Kier alpha value is -2.92. The molecule has 1 atom stereocenters. The van der Waals surface area contributed by atoms with Crippen molar-refractivity contribution in [3.63, 3.8) is 0 Å². The Kier molecular flexibility index (Phi) is 8.67. The predicted octanol–water partition coefficient (Wildman–Crippen LogP) is 5.70. The van der Waals surface area contributed by atoms with Gasteiger partial charge < -0.3 is 29.2 Å². The number of fused-ring (bicyclic) bond motifs is 3. The number of nitrogens with zero attached hydrogens (tertiary/aromatic N) is 4. The van der Waals surface area contributed by atoms with Crippen LogP contribution in [-0.2, 0) is 19.7 Å². The summed E-state index contributed by atoms with van der Waals surface area (Å²) in [6, 6.07) is 9.90. The molecule has 10 heteroatoms. The molecule has 4 aliphatic heterocycles. The van der Waals surface area contributed by atoms with Crippen LogP contribution >= 0.6 is 11.3 Å². The van der Waals surface area contributed by atoms with Crippen LogP contribution in [0.5, 0.6) is 0 Å². The number of amides is 3.